The summed E-state index contributed by atoms with van der Waals surface area (Å²) in [5.41, 5.74) is 1.19. The molecule has 1 aliphatic heterocycles. The van der Waals surface area contributed by atoms with Crippen molar-refractivity contribution in [2.75, 3.05) is 6.54 Å². The first kappa shape index (κ1) is 17.0. The van der Waals surface area contributed by atoms with Gasteiger partial charge in [0, 0.05) is 37.4 Å². The highest BCUT2D eigenvalue weighted by Gasteiger charge is 2.18. The van der Waals surface area contributed by atoms with Gasteiger partial charge in [0.2, 0.25) is 0 Å². The maximum Gasteiger partial charge on any atom is 0.331 e. The second-order valence-corrected chi connectivity index (χ2v) is 6.58. The predicted molar refractivity (Wildman–Crippen MR) is 89.5 cm³/mol. The van der Waals surface area contributed by atoms with Crippen molar-refractivity contribution in [1.29, 1.82) is 0 Å². The van der Waals surface area contributed by atoms with Gasteiger partial charge in [0.05, 0.1) is 0 Å². The molecule has 0 atom stereocenters. The number of carbonyl (C=O) groups is 2. The number of carbonyl (C=O) groups excluding carboxylic acids is 2. The van der Waals surface area contributed by atoms with Crippen molar-refractivity contribution in [2.45, 2.75) is 39.3 Å². The number of hydrogen-bond acceptors (Lipinski definition) is 4. The van der Waals surface area contributed by atoms with Crippen LogP contribution >= 0.6 is 0 Å². The van der Waals surface area contributed by atoms with Crippen molar-refractivity contribution in [2.24, 2.45) is 0 Å². The van der Waals surface area contributed by atoms with Crippen LogP contribution in [0.4, 0.5) is 0 Å². The fraction of sp³-hybridized carbons (Fsp3) is 0.368. The molecular weight excluding hydrogens is 290 g/mol. The molecule has 122 valence electrons. The molecule has 0 spiro atoms. The lowest BCUT2D eigenvalue weighted by Gasteiger charge is -2.25. The molecule has 0 aliphatic carbocycles. The van der Waals surface area contributed by atoms with Gasteiger partial charge in [0.25, 0.3) is 0 Å². The number of ketones is 1. The molecule has 0 saturated carbocycles. The molecule has 1 heterocycles. The van der Waals surface area contributed by atoms with E-state index in [1.165, 1.54) is 11.6 Å². The van der Waals surface area contributed by atoms with Crippen LogP contribution in [0.25, 0.3) is 0 Å². The lowest BCUT2D eigenvalue weighted by Crippen LogP contribution is -2.27. The smallest absolute Gasteiger partial charge is 0.331 e. The van der Waals surface area contributed by atoms with Gasteiger partial charge < -0.3 is 9.64 Å². The fourth-order valence-electron chi connectivity index (χ4n) is 2.29. The van der Waals surface area contributed by atoms with E-state index in [2.05, 4.69) is 17.0 Å². The highest BCUT2D eigenvalue weighted by atomic mass is 16.6. The Morgan fingerprint density at radius 1 is 1.26 bits per heavy atom. The molecule has 0 unspecified atom stereocenters. The quantitative estimate of drug-likeness (QED) is 0.632. The first-order valence-electron chi connectivity index (χ1n) is 7.77. The minimum absolute atomic E-state index is 0.0501. The van der Waals surface area contributed by atoms with E-state index >= 15 is 0 Å². The van der Waals surface area contributed by atoms with E-state index in [0.29, 0.717) is 18.5 Å². The third-order valence-corrected chi connectivity index (χ3v) is 3.30. The van der Waals surface area contributed by atoms with Crippen molar-refractivity contribution in [3.05, 3.63) is 59.8 Å². The zero-order chi connectivity index (χ0) is 16.9. The fourth-order valence-corrected chi connectivity index (χ4v) is 2.29. The Bertz CT molecular complexity index is 624. The molecule has 1 aromatic carbocycles. The molecule has 0 fully saturated rings. The lowest BCUT2D eigenvalue weighted by atomic mass is 10.0. The zero-order valence-corrected chi connectivity index (χ0v) is 13.9. The summed E-state index contributed by atoms with van der Waals surface area (Å²) in [6.45, 7) is 6.87. The van der Waals surface area contributed by atoms with Gasteiger partial charge >= 0.3 is 5.97 Å². The lowest BCUT2D eigenvalue weighted by molar-refractivity contribution is -0.148. The number of benzene rings is 1. The van der Waals surface area contributed by atoms with Crippen LogP contribution in [0.3, 0.4) is 0 Å². The predicted octanol–water partition coefficient (Wildman–Crippen LogP) is 3.24. The standard InChI is InChI=1S/C19H23NO3/c1-19(2,3)23-18(22)10-9-16-14-20(12-11-17(16)21)13-15-7-5-4-6-8-15/h4-10,14H,11-13H2,1-3H3/b10-9+. The van der Waals surface area contributed by atoms with Crippen molar-refractivity contribution < 1.29 is 14.3 Å². The zero-order valence-electron chi connectivity index (χ0n) is 13.9. The average Bonchev–Trinajstić information content (AvgIpc) is 2.47. The Hall–Kier alpha value is -2.36. The van der Waals surface area contributed by atoms with Crippen LogP contribution in [-0.2, 0) is 20.9 Å². The Morgan fingerprint density at radius 3 is 2.61 bits per heavy atom. The minimum atomic E-state index is -0.536. The van der Waals surface area contributed by atoms with Crippen LogP contribution in [0.5, 0.6) is 0 Å². The Balaban J connectivity index is 2.04. The second kappa shape index (κ2) is 7.27. The van der Waals surface area contributed by atoms with Crippen LogP contribution in [0.2, 0.25) is 0 Å². The summed E-state index contributed by atoms with van der Waals surface area (Å²) in [4.78, 5) is 25.8. The molecular formula is C19H23NO3. The van der Waals surface area contributed by atoms with Gasteiger partial charge in [-0.2, -0.15) is 0 Å². The summed E-state index contributed by atoms with van der Waals surface area (Å²) in [5.74, 6) is -0.388. The molecule has 0 amide bonds. The molecule has 4 heteroatoms. The van der Waals surface area contributed by atoms with E-state index < -0.39 is 11.6 Å². The highest BCUT2D eigenvalue weighted by molar-refractivity contribution is 6.00. The molecule has 1 aromatic rings. The SMILES string of the molecule is CC(C)(C)OC(=O)/C=C/C1=CN(Cc2ccccc2)CCC1=O. The van der Waals surface area contributed by atoms with Gasteiger partial charge in [-0.1, -0.05) is 30.3 Å². The summed E-state index contributed by atoms with van der Waals surface area (Å²) in [6.07, 6.45) is 5.14. The minimum Gasteiger partial charge on any atom is -0.457 e. The number of hydrogen-bond donors (Lipinski definition) is 0. The van der Waals surface area contributed by atoms with Gasteiger partial charge in [-0.05, 0) is 32.4 Å². The number of allylic oxidation sites excluding steroid dienone is 2. The van der Waals surface area contributed by atoms with E-state index in [9.17, 15) is 9.59 Å². The van der Waals surface area contributed by atoms with Crippen molar-refractivity contribution >= 4 is 11.8 Å². The van der Waals surface area contributed by atoms with Crippen molar-refractivity contribution in [1.82, 2.24) is 4.90 Å². The summed E-state index contributed by atoms with van der Waals surface area (Å²) >= 11 is 0. The average molecular weight is 313 g/mol. The monoisotopic (exact) mass is 313 g/mol. The topological polar surface area (TPSA) is 46.6 Å². The first-order valence-corrected chi connectivity index (χ1v) is 7.77. The Labute approximate surface area is 137 Å². The summed E-state index contributed by atoms with van der Waals surface area (Å²) in [5, 5.41) is 0. The normalized spacial score (nSPS) is 15.7. The van der Waals surface area contributed by atoms with Crippen LogP contribution < -0.4 is 0 Å². The van der Waals surface area contributed by atoms with E-state index in [0.717, 1.165) is 6.54 Å². The van der Waals surface area contributed by atoms with Gasteiger partial charge in [0.1, 0.15) is 5.60 Å². The maximum atomic E-state index is 12.0. The van der Waals surface area contributed by atoms with E-state index in [1.807, 2.05) is 45.2 Å². The Morgan fingerprint density at radius 2 is 1.96 bits per heavy atom. The summed E-state index contributed by atoms with van der Waals surface area (Å²) in [6, 6.07) is 10.1. The van der Waals surface area contributed by atoms with E-state index in [1.54, 1.807) is 6.08 Å². The summed E-state index contributed by atoms with van der Waals surface area (Å²) < 4.78 is 5.21. The molecule has 0 bridgehead atoms. The first-order chi connectivity index (χ1) is 10.8. The third-order valence-electron chi connectivity index (χ3n) is 3.30. The third kappa shape index (κ3) is 5.74. The van der Waals surface area contributed by atoms with E-state index in [-0.39, 0.29) is 5.78 Å². The number of Topliss-reactive ketones (excluding diaryl/α,β-unsaturated/α-hetero) is 1. The molecule has 0 radical (unpaired) electrons. The molecule has 0 aromatic heterocycles. The molecule has 1 aliphatic rings. The van der Waals surface area contributed by atoms with Gasteiger partial charge in [-0.3, -0.25) is 4.79 Å². The van der Waals surface area contributed by atoms with Crippen molar-refractivity contribution in [3.63, 3.8) is 0 Å². The molecule has 0 saturated heterocycles. The molecule has 2 rings (SSSR count). The second-order valence-electron chi connectivity index (χ2n) is 6.58. The van der Waals surface area contributed by atoms with Gasteiger partial charge in [-0.15, -0.1) is 0 Å². The number of ether oxygens (including phenoxy) is 1. The van der Waals surface area contributed by atoms with Crippen LogP contribution in [0, 0.1) is 0 Å². The molecule has 4 nitrogen and oxygen atoms in total. The van der Waals surface area contributed by atoms with Gasteiger partial charge in [0.15, 0.2) is 5.78 Å². The highest BCUT2D eigenvalue weighted by Crippen LogP contribution is 2.16. The van der Waals surface area contributed by atoms with Crippen LogP contribution in [0.1, 0.15) is 32.8 Å². The van der Waals surface area contributed by atoms with Crippen LogP contribution in [-0.4, -0.2) is 28.8 Å². The number of nitrogens with zero attached hydrogens (tertiary/aromatic N) is 1. The van der Waals surface area contributed by atoms with Gasteiger partial charge in [-0.25, -0.2) is 4.79 Å². The number of rotatable bonds is 4. The molecule has 23 heavy (non-hydrogen) atoms. The molecule has 0 N–H and O–H groups in total. The van der Waals surface area contributed by atoms with Crippen LogP contribution in [0.15, 0.2) is 54.3 Å². The van der Waals surface area contributed by atoms with E-state index in [4.69, 9.17) is 4.74 Å². The Kier molecular flexibility index (Phi) is 5.37. The van der Waals surface area contributed by atoms with Crippen molar-refractivity contribution in [3.8, 4) is 0 Å². The maximum absolute atomic E-state index is 12.0. The largest absolute Gasteiger partial charge is 0.457 e. The summed E-state index contributed by atoms with van der Waals surface area (Å²) in [7, 11) is 0. The number of esters is 1.